The van der Waals surface area contributed by atoms with Crippen molar-refractivity contribution in [3.63, 3.8) is 0 Å². The fourth-order valence-electron chi connectivity index (χ4n) is 3.17. The van der Waals surface area contributed by atoms with Gasteiger partial charge in [-0.15, -0.1) is 10.2 Å². The third-order valence-corrected chi connectivity index (χ3v) is 5.51. The quantitative estimate of drug-likeness (QED) is 0.566. The SMILES string of the molecule is N#CC1(c2ccc(C(F)(F)F)cc2)CCN(c2ccc(S(=O)(=O)F)nn2)CC1. The molecular formula is C17H14F4N4O2S. The van der Waals surface area contributed by atoms with Gasteiger partial charge >= 0.3 is 16.4 Å². The van der Waals surface area contributed by atoms with E-state index in [-0.39, 0.29) is 0 Å². The van der Waals surface area contributed by atoms with Crippen LogP contribution in [0.2, 0.25) is 0 Å². The molecule has 148 valence electrons. The molecule has 1 aliphatic rings. The first-order chi connectivity index (χ1) is 13.0. The highest BCUT2D eigenvalue weighted by molar-refractivity contribution is 7.86. The summed E-state index contributed by atoms with van der Waals surface area (Å²) in [6.07, 6.45) is -3.78. The second-order valence-corrected chi connectivity index (χ2v) is 7.72. The first kappa shape index (κ1) is 20.0. The molecule has 0 N–H and O–H groups in total. The molecule has 0 spiro atoms. The van der Waals surface area contributed by atoms with Gasteiger partial charge in [-0.25, -0.2) is 0 Å². The van der Waals surface area contributed by atoms with E-state index in [0.29, 0.717) is 37.3 Å². The smallest absolute Gasteiger partial charge is 0.355 e. The average Bonchev–Trinajstić information content (AvgIpc) is 2.67. The van der Waals surface area contributed by atoms with Gasteiger partial charge in [0.25, 0.3) is 0 Å². The van der Waals surface area contributed by atoms with Gasteiger partial charge in [-0.05, 0) is 42.7 Å². The highest BCUT2D eigenvalue weighted by Gasteiger charge is 2.38. The van der Waals surface area contributed by atoms with E-state index >= 15 is 0 Å². The first-order valence-corrected chi connectivity index (χ1v) is 9.56. The lowest BCUT2D eigenvalue weighted by atomic mass is 9.74. The number of rotatable bonds is 3. The van der Waals surface area contributed by atoms with Gasteiger partial charge in [-0.2, -0.15) is 26.9 Å². The normalized spacial score (nSPS) is 17.2. The highest BCUT2D eigenvalue weighted by atomic mass is 32.3. The van der Waals surface area contributed by atoms with Gasteiger partial charge in [0.15, 0.2) is 5.82 Å². The molecule has 6 nitrogen and oxygen atoms in total. The molecule has 1 aliphatic heterocycles. The zero-order valence-corrected chi connectivity index (χ0v) is 15.1. The summed E-state index contributed by atoms with van der Waals surface area (Å²) < 4.78 is 72.7. The lowest BCUT2D eigenvalue weighted by Gasteiger charge is -2.38. The Kier molecular flexibility index (Phi) is 5.01. The lowest BCUT2D eigenvalue weighted by Crippen LogP contribution is -2.42. The molecule has 0 atom stereocenters. The van der Waals surface area contributed by atoms with Gasteiger partial charge in [-0.1, -0.05) is 16.0 Å². The fraction of sp³-hybridized carbons (Fsp3) is 0.353. The van der Waals surface area contributed by atoms with Crippen molar-refractivity contribution in [2.24, 2.45) is 0 Å². The number of alkyl halides is 3. The molecule has 28 heavy (non-hydrogen) atoms. The first-order valence-electron chi connectivity index (χ1n) is 8.17. The van der Waals surface area contributed by atoms with E-state index < -0.39 is 32.4 Å². The van der Waals surface area contributed by atoms with Crippen LogP contribution in [0.4, 0.5) is 22.9 Å². The molecule has 0 amide bonds. The molecule has 1 aromatic carbocycles. The maximum Gasteiger partial charge on any atom is 0.416 e. The molecule has 0 bridgehead atoms. The summed E-state index contributed by atoms with van der Waals surface area (Å²) in [5.74, 6) is 0.325. The second-order valence-electron chi connectivity index (χ2n) is 6.42. The van der Waals surface area contributed by atoms with Crippen molar-refractivity contribution < 1.29 is 25.5 Å². The van der Waals surface area contributed by atoms with Crippen molar-refractivity contribution in [3.05, 3.63) is 47.5 Å². The van der Waals surface area contributed by atoms with E-state index in [9.17, 15) is 30.7 Å². The van der Waals surface area contributed by atoms with Gasteiger partial charge in [-0.3, -0.25) is 0 Å². The lowest BCUT2D eigenvalue weighted by molar-refractivity contribution is -0.137. The largest absolute Gasteiger partial charge is 0.416 e. The number of nitriles is 1. The summed E-state index contributed by atoms with van der Waals surface area (Å²) in [4.78, 5) is 1.75. The van der Waals surface area contributed by atoms with Crippen LogP contribution in [0, 0.1) is 11.3 Å². The number of hydrogen-bond donors (Lipinski definition) is 0. The Morgan fingerprint density at radius 1 is 1.04 bits per heavy atom. The highest BCUT2D eigenvalue weighted by Crippen LogP contribution is 2.37. The van der Waals surface area contributed by atoms with E-state index in [1.54, 1.807) is 4.90 Å². The summed E-state index contributed by atoms with van der Waals surface area (Å²) >= 11 is 0. The topological polar surface area (TPSA) is 87.0 Å². The molecule has 2 aromatic rings. The number of anilines is 1. The Balaban J connectivity index is 1.76. The number of aromatic nitrogens is 2. The molecule has 0 saturated carbocycles. The van der Waals surface area contributed by atoms with E-state index in [2.05, 4.69) is 16.3 Å². The van der Waals surface area contributed by atoms with Crippen LogP contribution in [-0.2, 0) is 21.8 Å². The van der Waals surface area contributed by atoms with Crippen molar-refractivity contribution in [1.82, 2.24) is 10.2 Å². The summed E-state index contributed by atoms with van der Waals surface area (Å²) in [6, 6.07) is 9.10. The van der Waals surface area contributed by atoms with E-state index in [0.717, 1.165) is 18.2 Å². The minimum absolute atomic E-state index is 0.325. The number of benzene rings is 1. The molecule has 2 heterocycles. The Hall–Kier alpha value is -2.74. The van der Waals surface area contributed by atoms with Gasteiger partial charge in [0.05, 0.1) is 17.0 Å². The predicted molar refractivity (Wildman–Crippen MR) is 90.5 cm³/mol. The Morgan fingerprint density at radius 3 is 2.07 bits per heavy atom. The van der Waals surface area contributed by atoms with Crippen molar-refractivity contribution in [3.8, 4) is 6.07 Å². The van der Waals surface area contributed by atoms with Gasteiger partial charge in [0, 0.05) is 13.1 Å². The van der Waals surface area contributed by atoms with Gasteiger partial charge < -0.3 is 4.90 Å². The number of hydrogen-bond acceptors (Lipinski definition) is 6. The van der Waals surface area contributed by atoms with E-state index in [4.69, 9.17) is 0 Å². The Morgan fingerprint density at radius 2 is 1.64 bits per heavy atom. The Labute approximate surface area is 158 Å². The fourth-order valence-corrected chi connectivity index (χ4v) is 3.54. The van der Waals surface area contributed by atoms with Gasteiger partial charge in [0.2, 0.25) is 5.03 Å². The number of nitrogens with zero attached hydrogens (tertiary/aromatic N) is 4. The monoisotopic (exact) mass is 414 g/mol. The minimum Gasteiger partial charge on any atom is -0.355 e. The molecule has 1 fully saturated rings. The molecular weight excluding hydrogens is 400 g/mol. The van der Waals surface area contributed by atoms with E-state index in [1.165, 1.54) is 18.2 Å². The molecule has 0 aliphatic carbocycles. The van der Waals surface area contributed by atoms with Crippen molar-refractivity contribution in [1.29, 1.82) is 5.26 Å². The van der Waals surface area contributed by atoms with Crippen LogP contribution >= 0.6 is 0 Å². The van der Waals surface area contributed by atoms with Crippen LogP contribution in [0.5, 0.6) is 0 Å². The summed E-state index contributed by atoms with van der Waals surface area (Å²) in [7, 11) is -4.94. The molecule has 1 aromatic heterocycles. The molecule has 0 radical (unpaired) electrons. The van der Waals surface area contributed by atoms with Crippen LogP contribution < -0.4 is 4.90 Å². The van der Waals surface area contributed by atoms with Crippen molar-refractivity contribution >= 4 is 16.0 Å². The van der Waals surface area contributed by atoms with Gasteiger partial charge in [0.1, 0.15) is 0 Å². The number of halogens is 4. The zero-order valence-electron chi connectivity index (χ0n) is 14.3. The molecule has 1 saturated heterocycles. The molecule has 3 rings (SSSR count). The predicted octanol–water partition coefficient (Wildman–Crippen LogP) is 3.22. The summed E-state index contributed by atoms with van der Waals surface area (Å²) in [5.41, 5.74) is -1.21. The molecule has 11 heteroatoms. The van der Waals surface area contributed by atoms with Crippen LogP contribution in [0.1, 0.15) is 24.0 Å². The standard InChI is InChI=1S/C17H14F4N4O2S/c18-17(19,20)13-3-1-12(2-4-13)16(11-22)7-9-25(10-8-16)14-5-6-15(24-23-14)28(21,26)27/h1-6H,7-10H2. The van der Waals surface area contributed by atoms with Crippen LogP contribution in [0.15, 0.2) is 41.4 Å². The van der Waals surface area contributed by atoms with E-state index in [1.807, 2.05) is 0 Å². The molecule has 0 unspecified atom stereocenters. The Bertz CT molecular complexity index is 991. The summed E-state index contributed by atoms with van der Waals surface area (Å²) in [6.45, 7) is 0.704. The third-order valence-electron chi connectivity index (χ3n) is 4.80. The third kappa shape index (κ3) is 3.91. The summed E-state index contributed by atoms with van der Waals surface area (Å²) in [5, 5.41) is 15.9. The van der Waals surface area contributed by atoms with Crippen LogP contribution in [0.3, 0.4) is 0 Å². The van der Waals surface area contributed by atoms with Crippen molar-refractivity contribution in [2.45, 2.75) is 29.5 Å². The minimum atomic E-state index is -4.94. The maximum absolute atomic E-state index is 12.9. The second kappa shape index (κ2) is 7.01. The maximum atomic E-state index is 12.9. The van der Waals surface area contributed by atoms with Crippen LogP contribution in [-0.4, -0.2) is 31.7 Å². The number of piperidine rings is 1. The average molecular weight is 414 g/mol. The van der Waals surface area contributed by atoms with Crippen molar-refractivity contribution in [2.75, 3.05) is 18.0 Å². The zero-order chi connectivity index (χ0) is 20.6. The van der Waals surface area contributed by atoms with Crippen LogP contribution in [0.25, 0.3) is 0 Å².